The fourth-order valence-corrected chi connectivity index (χ4v) is 3.36. The van der Waals surface area contributed by atoms with Crippen LogP contribution in [-0.4, -0.2) is 27.9 Å². The summed E-state index contributed by atoms with van der Waals surface area (Å²) in [4.78, 5) is 38.9. The lowest BCUT2D eigenvalue weighted by Crippen LogP contribution is -2.32. The van der Waals surface area contributed by atoms with Crippen molar-refractivity contribution in [2.24, 2.45) is 0 Å². The number of fused-ring (bicyclic) bond motifs is 4. The first-order chi connectivity index (χ1) is 12.0. The number of hydrogen-bond donors (Lipinski definition) is 1. The third-order valence-electron chi connectivity index (χ3n) is 4.35. The molecule has 124 valence electrons. The number of rotatable bonds is 2. The molecule has 1 amide bonds. The number of amides is 1. The van der Waals surface area contributed by atoms with Gasteiger partial charge in [-0.2, -0.15) is 0 Å². The van der Waals surface area contributed by atoms with Gasteiger partial charge in [-0.05, 0) is 26.0 Å². The van der Waals surface area contributed by atoms with E-state index < -0.39 is 0 Å². The molecule has 3 aromatic rings. The lowest BCUT2D eigenvalue weighted by atomic mass is 9.86. The summed E-state index contributed by atoms with van der Waals surface area (Å²) in [6, 6.07) is 12.0. The van der Waals surface area contributed by atoms with Crippen LogP contribution in [0, 0.1) is 0 Å². The number of hydrogen-bond acceptors (Lipinski definition) is 3. The Morgan fingerprint density at radius 2 is 1.60 bits per heavy atom. The van der Waals surface area contributed by atoms with Crippen LogP contribution in [0.1, 0.15) is 56.2 Å². The maximum Gasteiger partial charge on any atom is 0.254 e. The summed E-state index contributed by atoms with van der Waals surface area (Å²) in [5.41, 5.74) is 1.98. The second kappa shape index (κ2) is 5.41. The van der Waals surface area contributed by atoms with Crippen LogP contribution >= 0.6 is 0 Å². The summed E-state index contributed by atoms with van der Waals surface area (Å²) in [5, 5.41) is 2.83. The predicted octanol–water partition coefficient (Wildman–Crippen LogP) is 2.85. The molecule has 1 aliphatic carbocycles. The first kappa shape index (κ1) is 15.3. The van der Waals surface area contributed by atoms with Crippen LogP contribution in [0.25, 0.3) is 5.52 Å². The molecule has 0 unspecified atom stereocenters. The molecule has 1 aromatic carbocycles. The minimum Gasteiger partial charge on any atom is -0.350 e. The average Bonchev–Trinajstić information content (AvgIpc) is 2.95. The van der Waals surface area contributed by atoms with Gasteiger partial charge in [-0.25, -0.2) is 0 Å². The van der Waals surface area contributed by atoms with Crippen LogP contribution in [0.4, 0.5) is 0 Å². The molecule has 25 heavy (non-hydrogen) atoms. The molecule has 0 spiro atoms. The standard InChI is InChI=1S/C20H16N2O3/c1-11(2)21-20(25)15-14-9-5-6-10-22(14)17-16(15)18(23)12-7-3-4-8-13(12)19(17)24/h3-11H,1-2H3,(H,21,25). The van der Waals surface area contributed by atoms with Crippen LogP contribution in [0.2, 0.25) is 0 Å². The van der Waals surface area contributed by atoms with E-state index in [2.05, 4.69) is 5.32 Å². The van der Waals surface area contributed by atoms with Gasteiger partial charge in [0.1, 0.15) is 5.69 Å². The molecule has 0 saturated heterocycles. The Hall–Kier alpha value is -3.21. The third-order valence-corrected chi connectivity index (χ3v) is 4.35. The Kier molecular flexibility index (Phi) is 3.32. The quantitative estimate of drug-likeness (QED) is 0.614. The van der Waals surface area contributed by atoms with E-state index in [4.69, 9.17) is 0 Å². The maximum absolute atomic E-state index is 13.1. The molecule has 0 radical (unpaired) electrons. The highest BCUT2D eigenvalue weighted by Crippen LogP contribution is 2.33. The van der Waals surface area contributed by atoms with E-state index in [9.17, 15) is 14.4 Å². The Bertz CT molecular complexity index is 1060. The fourth-order valence-electron chi connectivity index (χ4n) is 3.36. The van der Waals surface area contributed by atoms with E-state index in [1.807, 2.05) is 13.8 Å². The number of aromatic nitrogens is 1. The van der Waals surface area contributed by atoms with Crippen molar-refractivity contribution >= 4 is 23.0 Å². The van der Waals surface area contributed by atoms with Crippen molar-refractivity contribution in [3.05, 3.63) is 76.6 Å². The molecular weight excluding hydrogens is 316 g/mol. The van der Waals surface area contributed by atoms with Gasteiger partial charge in [-0.1, -0.05) is 30.3 Å². The van der Waals surface area contributed by atoms with Crippen LogP contribution in [-0.2, 0) is 0 Å². The zero-order valence-electron chi connectivity index (χ0n) is 13.9. The smallest absolute Gasteiger partial charge is 0.254 e. The van der Waals surface area contributed by atoms with Crippen LogP contribution in [0.3, 0.4) is 0 Å². The van der Waals surface area contributed by atoms with E-state index in [1.165, 1.54) is 0 Å². The number of benzene rings is 1. The van der Waals surface area contributed by atoms with Crippen molar-refractivity contribution in [2.45, 2.75) is 19.9 Å². The summed E-state index contributed by atoms with van der Waals surface area (Å²) in [6.45, 7) is 3.70. The molecule has 4 rings (SSSR count). The molecule has 0 fully saturated rings. The summed E-state index contributed by atoms with van der Waals surface area (Å²) in [5.74, 6) is -0.877. The van der Waals surface area contributed by atoms with E-state index in [-0.39, 0.29) is 40.3 Å². The number of nitrogens with one attached hydrogen (secondary N) is 1. The van der Waals surface area contributed by atoms with Crippen molar-refractivity contribution in [1.82, 2.24) is 9.72 Å². The first-order valence-corrected chi connectivity index (χ1v) is 8.13. The molecule has 1 N–H and O–H groups in total. The molecule has 0 saturated carbocycles. The molecular formula is C20H16N2O3. The van der Waals surface area contributed by atoms with E-state index in [0.717, 1.165) is 0 Å². The van der Waals surface area contributed by atoms with Gasteiger partial charge < -0.3 is 9.72 Å². The second-order valence-electron chi connectivity index (χ2n) is 6.39. The summed E-state index contributed by atoms with van der Waals surface area (Å²) >= 11 is 0. The van der Waals surface area contributed by atoms with Gasteiger partial charge in [0.2, 0.25) is 5.78 Å². The highest BCUT2D eigenvalue weighted by Gasteiger charge is 2.37. The Morgan fingerprint density at radius 1 is 0.960 bits per heavy atom. The van der Waals surface area contributed by atoms with Crippen molar-refractivity contribution in [2.75, 3.05) is 0 Å². The van der Waals surface area contributed by atoms with Gasteiger partial charge in [0.15, 0.2) is 5.78 Å². The molecule has 1 aliphatic rings. The van der Waals surface area contributed by atoms with Crippen molar-refractivity contribution in [3.63, 3.8) is 0 Å². The molecule has 0 bridgehead atoms. The summed E-state index contributed by atoms with van der Waals surface area (Å²) < 4.78 is 1.64. The number of carbonyl (C=O) groups excluding carboxylic acids is 3. The molecule has 5 nitrogen and oxygen atoms in total. The fraction of sp³-hybridized carbons (Fsp3) is 0.150. The molecule has 5 heteroatoms. The van der Waals surface area contributed by atoms with Gasteiger partial charge in [0.05, 0.1) is 16.6 Å². The minimum atomic E-state index is -0.347. The number of ketones is 2. The lowest BCUT2D eigenvalue weighted by Gasteiger charge is -2.16. The summed E-state index contributed by atoms with van der Waals surface area (Å²) in [7, 11) is 0. The van der Waals surface area contributed by atoms with Crippen LogP contribution < -0.4 is 5.32 Å². The summed E-state index contributed by atoms with van der Waals surface area (Å²) in [6.07, 6.45) is 1.71. The molecule has 2 aromatic heterocycles. The Balaban J connectivity index is 2.07. The SMILES string of the molecule is CC(C)NC(=O)c1c2c(n3ccccc13)C(=O)c1ccccc1C2=O. The van der Waals surface area contributed by atoms with Crippen molar-refractivity contribution in [3.8, 4) is 0 Å². The van der Waals surface area contributed by atoms with Gasteiger partial charge in [-0.15, -0.1) is 0 Å². The van der Waals surface area contributed by atoms with E-state index in [1.54, 1.807) is 53.1 Å². The largest absolute Gasteiger partial charge is 0.350 e. The van der Waals surface area contributed by atoms with Crippen LogP contribution in [0.15, 0.2) is 48.7 Å². The zero-order chi connectivity index (χ0) is 17.7. The first-order valence-electron chi connectivity index (χ1n) is 8.13. The number of pyridine rings is 1. The van der Waals surface area contributed by atoms with Gasteiger partial charge in [0, 0.05) is 23.4 Å². The maximum atomic E-state index is 13.1. The highest BCUT2D eigenvalue weighted by molar-refractivity contribution is 6.32. The third kappa shape index (κ3) is 2.12. The van der Waals surface area contributed by atoms with Gasteiger partial charge >= 0.3 is 0 Å². The second-order valence-corrected chi connectivity index (χ2v) is 6.39. The Labute approximate surface area is 144 Å². The molecule has 0 aliphatic heterocycles. The number of nitrogens with zero attached hydrogens (tertiary/aromatic N) is 1. The Morgan fingerprint density at radius 3 is 2.28 bits per heavy atom. The normalized spacial score (nSPS) is 13.1. The highest BCUT2D eigenvalue weighted by atomic mass is 16.2. The van der Waals surface area contributed by atoms with Crippen molar-refractivity contribution < 1.29 is 14.4 Å². The molecule has 0 atom stereocenters. The monoisotopic (exact) mass is 332 g/mol. The topological polar surface area (TPSA) is 67.7 Å². The molecule has 2 heterocycles. The lowest BCUT2D eigenvalue weighted by molar-refractivity contribution is 0.0932. The zero-order valence-corrected chi connectivity index (χ0v) is 13.9. The average molecular weight is 332 g/mol. The van der Waals surface area contributed by atoms with Gasteiger partial charge in [0.25, 0.3) is 5.91 Å². The number of carbonyl (C=O) groups is 3. The van der Waals surface area contributed by atoms with Crippen LogP contribution in [0.5, 0.6) is 0 Å². The minimum absolute atomic E-state index is 0.0801. The van der Waals surface area contributed by atoms with Gasteiger partial charge in [-0.3, -0.25) is 14.4 Å². The van der Waals surface area contributed by atoms with E-state index in [0.29, 0.717) is 16.6 Å². The van der Waals surface area contributed by atoms with Crippen molar-refractivity contribution in [1.29, 1.82) is 0 Å². The predicted molar refractivity (Wildman–Crippen MR) is 93.3 cm³/mol. The van der Waals surface area contributed by atoms with E-state index >= 15 is 0 Å².